The van der Waals surface area contributed by atoms with E-state index in [1.165, 1.54) is 12.5 Å². The van der Waals surface area contributed by atoms with Crippen LogP contribution in [0.1, 0.15) is 53.1 Å². The van der Waals surface area contributed by atoms with Gasteiger partial charge in [-0.05, 0) is 86.4 Å². The maximum Gasteiger partial charge on any atom is 0.416 e. The minimum atomic E-state index is -4.82. The molecule has 34 heavy (non-hydrogen) atoms. The first-order chi connectivity index (χ1) is 15.7. The Labute approximate surface area is 195 Å². The van der Waals surface area contributed by atoms with Crippen molar-refractivity contribution in [2.45, 2.75) is 44.6 Å². The molecule has 0 unspecified atom stereocenters. The highest BCUT2D eigenvalue weighted by atomic mass is 19.4. The average Bonchev–Trinajstić information content (AvgIpc) is 2.96. The largest absolute Gasteiger partial charge is 0.416 e. The molecule has 0 amide bonds. The first-order valence-corrected chi connectivity index (χ1v) is 10.9. The minimum absolute atomic E-state index is 0.0292. The maximum absolute atomic E-state index is 13.1. The van der Waals surface area contributed by atoms with E-state index in [0.717, 1.165) is 31.6 Å². The van der Waals surface area contributed by atoms with E-state index in [4.69, 9.17) is 5.73 Å². The number of halogens is 7. The van der Waals surface area contributed by atoms with Crippen LogP contribution in [0.25, 0.3) is 0 Å². The number of likely N-dealkylation sites (N-methyl/N-ethyl adjacent to an activating group) is 1. The SMILES string of the molecule is C[C@@H](CN)c1cc(C(F)(F)F)cc(C(F)(F)F)c1.Cc1cc(F)ccc1[C@H]1CCNCCN1C. The van der Waals surface area contributed by atoms with Crippen LogP contribution in [0.15, 0.2) is 36.4 Å². The molecule has 1 heterocycles. The number of alkyl halides is 6. The molecule has 3 rings (SSSR count). The predicted molar refractivity (Wildman–Crippen MR) is 118 cm³/mol. The first-order valence-electron chi connectivity index (χ1n) is 10.9. The van der Waals surface area contributed by atoms with Crippen LogP contribution in [0.5, 0.6) is 0 Å². The normalized spacial score (nSPS) is 18.6. The van der Waals surface area contributed by atoms with Crippen molar-refractivity contribution in [3.05, 3.63) is 70.0 Å². The number of benzene rings is 2. The summed E-state index contributed by atoms with van der Waals surface area (Å²) < 4.78 is 88.1. The molecule has 0 spiro atoms. The van der Waals surface area contributed by atoms with Gasteiger partial charge in [0, 0.05) is 19.1 Å². The molecule has 1 fully saturated rings. The summed E-state index contributed by atoms with van der Waals surface area (Å²) in [5.41, 5.74) is 4.88. The zero-order valence-electron chi connectivity index (χ0n) is 19.3. The second kappa shape index (κ2) is 11.5. The van der Waals surface area contributed by atoms with E-state index in [-0.39, 0.29) is 24.0 Å². The van der Waals surface area contributed by atoms with Crippen LogP contribution in [0.3, 0.4) is 0 Å². The predicted octanol–water partition coefficient (Wildman–Crippen LogP) is 5.89. The summed E-state index contributed by atoms with van der Waals surface area (Å²) in [5.74, 6) is -0.718. The Morgan fingerprint density at radius 2 is 1.59 bits per heavy atom. The molecule has 3 nitrogen and oxygen atoms in total. The number of hydrogen-bond donors (Lipinski definition) is 2. The molecule has 1 aliphatic heterocycles. The number of nitrogens with zero attached hydrogens (tertiary/aromatic N) is 1. The average molecular weight is 494 g/mol. The monoisotopic (exact) mass is 493 g/mol. The third kappa shape index (κ3) is 7.68. The summed E-state index contributed by atoms with van der Waals surface area (Å²) in [4.78, 5) is 2.35. The zero-order chi connectivity index (χ0) is 25.7. The van der Waals surface area contributed by atoms with Gasteiger partial charge in [0.05, 0.1) is 11.1 Å². The van der Waals surface area contributed by atoms with Gasteiger partial charge in [0.2, 0.25) is 0 Å². The smallest absolute Gasteiger partial charge is 0.330 e. The Kier molecular flexibility index (Phi) is 9.50. The van der Waals surface area contributed by atoms with Crippen LogP contribution in [-0.4, -0.2) is 38.1 Å². The van der Waals surface area contributed by atoms with E-state index in [9.17, 15) is 30.7 Å². The van der Waals surface area contributed by atoms with Gasteiger partial charge in [0.15, 0.2) is 0 Å². The molecule has 0 saturated carbocycles. The molecule has 2 aromatic rings. The van der Waals surface area contributed by atoms with Crippen molar-refractivity contribution in [1.29, 1.82) is 0 Å². The molecule has 0 bridgehead atoms. The highest BCUT2D eigenvalue weighted by Gasteiger charge is 2.37. The lowest BCUT2D eigenvalue weighted by Crippen LogP contribution is -2.27. The number of rotatable bonds is 3. The van der Waals surface area contributed by atoms with Gasteiger partial charge in [-0.2, -0.15) is 26.3 Å². The van der Waals surface area contributed by atoms with E-state index in [1.54, 1.807) is 12.1 Å². The minimum Gasteiger partial charge on any atom is -0.330 e. The molecule has 1 saturated heterocycles. The van der Waals surface area contributed by atoms with Crippen LogP contribution in [0.2, 0.25) is 0 Å². The van der Waals surface area contributed by atoms with E-state index in [1.807, 2.05) is 13.0 Å². The van der Waals surface area contributed by atoms with Crippen molar-refractivity contribution >= 4 is 0 Å². The van der Waals surface area contributed by atoms with Crippen LogP contribution in [-0.2, 0) is 12.4 Å². The lowest BCUT2D eigenvalue weighted by Gasteiger charge is -2.27. The fourth-order valence-electron chi connectivity index (χ4n) is 3.80. The molecule has 0 aromatic heterocycles. The van der Waals surface area contributed by atoms with Crippen LogP contribution in [0, 0.1) is 12.7 Å². The summed E-state index contributed by atoms with van der Waals surface area (Å²) >= 11 is 0. The fourth-order valence-corrected chi connectivity index (χ4v) is 3.80. The Bertz CT molecular complexity index is 909. The summed E-state index contributed by atoms with van der Waals surface area (Å²) in [6.07, 6.45) is -8.54. The standard InChI is InChI=1S/C13H19FN2.C11H11F6N/c1-10-9-11(14)3-4-12(10)13-5-6-15-7-8-16(13)2;1-6(5-18)7-2-8(10(12,13)14)4-9(3-7)11(15,16)17/h3-4,9,13,15H,5-8H2,1-2H3;2-4,6H,5,18H2,1H3/t13-;6-/m10/s1. The molecule has 190 valence electrons. The third-order valence-corrected chi connectivity index (χ3v) is 5.89. The van der Waals surface area contributed by atoms with Crippen LogP contribution in [0.4, 0.5) is 30.7 Å². The number of nitrogens with two attached hydrogens (primary N) is 1. The lowest BCUT2D eigenvalue weighted by molar-refractivity contribution is -0.143. The van der Waals surface area contributed by atoms with Crippen LogP contribution >= 0.6 is 0 Å². The van der Waals surface area contributed by atoms with E-state index in [0.29, 0.717) is 18.2 Å². The second-order valence-corrected chi connectivity index (χ2v) is 8.51. The van der Waals surface area contributed by atoms with Crippen LogP contribution < -0.4 is 11.1 Å². The molecule has 3 N–H and O–H groups in total. The van der Waals surface area contributed by atoms with Crippen molar-refractivity contribution in [2.75, 3.05) is 33.2 Å². The van der Waals surface area contributed by atoms with Gasteiger partial charge in [0.25, 0.3) is 0 Å². The molecule has 10 heteroatoms. The number of hydrogen-bond acceptors (Lipinski definition) is 3. The molecule has 2 aromatic carbocycles. The van der Waals surface area contributed by atoms with Crippen molar-refractivity contribution in [3.63, 3.8) is 0 Å². The molecule has 1 aliphatic rings. The van der Waals surface area contributed by atoms with Gasteiger partial charge in [-0.3, -0.25) is 4.90 Å². The van der Waals surface area contributed by atoms with Gasteiger partial charge in [-0.1, -0.05) is 13.0 Å². The maximum atomic E-state index is 13.1. The molecule has 2 atom stereocenters. The van der Waals surface area contributed by atoms with Gasteiger partial charge in [-0.15, -0.1) is 0 Å². The van der Waals surface area contributed by atoms with Gasteiger partial charge < -0.3 is 11.1 Å². The molecule has 0 radical (unpaired) electrons. The number of nitrogens with one attached hydrogen (secondary N) is 1. The number of aryl methyl sites for hydroxylation is 1. The second-order valence-electron chi connectivity index (χ2n) is 8.51. The molecule has 0 aliphatic carbocycles. The Morgan fingerprint density at radius 3 is 2.09 bits per heavy atom. The van der Waals surface area contributed by atoms with Gasteiger partial charge >= 0.3 is 12.4 Å². The van der Waals surface area contributed by atoms with Crippen molar-refractivity contribution in [1.82, 2.24) is 10.2 Å². The van der Waals surface area contributed by atoms with Crippen molar-refractivity contribution in [3.8, 4) is 0 Å². The highest BCUT2D eigenvalue weighted by molar-refractivity contribution is 5.35. The topological polar surface area (TPSA) is 41.3 Å². The van der Waals surface area contributed by atoms with Crippen molar-refractivity contribution in [2.24, 2.45) is 5.73 Å². The molecular weight excluding hydrogens is 463 g/mol. The molecular formula is C24H30F7N3. The summed E-state index contributed by atoms with van der Waals surface area (Å²) in [5, 5.41) is 3.39. The summed E-state index contributed by atoms with van der Waals surface area (Å²) in [6.45, 7) is 6.54. The third-order valence-electron chi connectivity index (χ3n) is 5.89. The summed E-state index contributed by atoms with van der Waals surface area (Å²) in [6, 6.07) is 7.04. The Morgan fingerprint density at radius 1 is 1.00 bits per heavy atom. The Balaban J connectivity index is 0.000000241. The Hall–Kier alpha value is -2.17. The highest BCUT2D eigenvalue weighted by Crippen LogP contribution is 2.37. The van der Waals surface area contributed by atoms with E-state index < -0.39 is 29.4 Å². The lowest BCUT2D eigenvalue weighted by atomic mass is 9.96. The van der Waals surface area contributed by atoms with Gasteiger partial charge in [0.1, 0.15) is 5.82 Å². The van der Waals surface area contributed by atoms with Crippen molar-refractivity contribution < 1.29 is 30.7 Å². The van der Waals surface area contributed by atoms with Gasteiger partial charge in [-0.25, -0.2) is 4.39 Å². The zero-order valence-corrected chi connectivity index (χ0v) is 19.3. The van der Waals surface area contributed by atoms with E-state index in [2.05, 4.69) is 17.3 Å². The fraction of sp³-hybridized carbons (Fsp3) is 0.500. The summed E-state index contributed by atoms with van der Waals surface area (Å²) in [7, 11) is 2.14. The quantitative estimate of drug-likeness (QED) is 0.525. The first kappa shape index (κ1) is 28.1. The van der Waals surface area contributed by atoms with E-state index >= 15 is 0 Å².